The fourth-order valence-electron chi connectivity index (χ4n) is 5.49. The number of aromatic nitrogens is 3. The number of nitrogens with one attached hydrogen (secondary N) is 1. The minimum atomic E-state index is -3.79. The van der Waals surface area contributed by atoms with E-state index in [2.05, 4.69) is 25.2 Å². The molecule has 4 heterocycles. The lowest BCUT2D eigenvalue weighted by Gasteiger charge is -2.35. The third-order valence-corrected chi connectivity index (χ3v) is 7.58. The van der Waals surface area contributed by atoms with Crippen LogP contribution in [0, 0.1) is 12.7 Å². The number of halogens is 3. The monoisotopic (exact) mass is 528 g/mol. The fraction of sp³-hybridized carbons (Fsp3) is 0.481. The van der Waals surface area contributed by atoms with Gasteiger partial charge in [0.15, 0.2) is 5.65 Å². The number of hydrogen-bond acceptors (Lipinski definition) is 7. The topological polar surface area (TPSA) is 94.5 Å². The number of alkyl halides is 2. The standard InChI is InChI=1S/C27H31F3N6O2/c1-14(20-7-6-8-22(23(20)28)27(29,30)26(4,5)38)32-25-21-10-17(11-31-24(21)33-15(2)34-25)36-13-18-9-19(36)12-35(18)16(3)37/h6-8,10-11,14,18-19,38H,9,12-13H2,1-5H3,(H,31,32,33,34)/t14?,18-,19-/m0/s1. The van der Waals surface area contributed by atoms with Gasteiger partial charge in [-0.15, -0.1) is 0 Å². The SMILES string of the molecule is CC(=O)N1C[C@@H]2C[C@H]1CN2c1cnc2nc(C)nc(NC(C)c3cccc(C(F)(F)C(C)(C)O)c3F)c2c1. The Bertz CT molecular complexity index is 1410. The number of carbonyl (C=O) groups excluding carboxylic acids is 1. The Morgan fingerprint density at radius 3 is 2.58 bits per heavy atom. The highest BCUT2D eigenvalue weighted by molar-refractivity contribution is 5.89. The highest BCUT2D eigenvalue weighted by atomic mass is 19.3. The number of amides is 1. The van der Waals surface area contributed by atoms with Crippen molar-refractivity contribution in [2.45, 2.75) is 70.7 Å². The molecule has 2 fully saturated rings. The van der Waals surface area contributed by atoms with Crippen LogP contribution in [0.2, 0.25) is 0 Å². The zero-order valence-corrected chi connectivity index (χ0v) is 22.0. The molecule has 2 saturated heterocycles. The molecule has 2 N–H and O–H groups in total. The molecule has 2 aromatic heterocycles. The number of aryl methyl sites for hydroxylation is 1. The summed E-state index contributed by atoms with van der Waals surface area (Å²) in [5.74, 6) is -3.95. The van der Waals surface area contributed by atoms with Crippen molar-refractivity contribution in [3.63, 3.8) is 0 Å². The van der Waals surface area contributed by atoms with Gasteiger partial charge in [-0.1, -0.05) is 12.1 Å². The number of aliphatic hydroxyl groups is 1. The quantitative estimate of drug-likeness (QED) is 0.492. The molecular formula is C27H31F3N6O2. The van der Waals surface area contributed by atoms with Crippen LogP contribution in [-0.4, -0.2) is 61.6 Å². The van der Waals surface area contributed by atoms with E-state index in [4.69, 9.17) is 0 Å². The number of pyridine rings is 1. The molecule has 202 valence electrons. The van der Waals surface area contributed by atoms with Crippen molar-refractivity contribution in [3.05, 3.63) is 53.2 Å². The zero-order valence-electron chi connectivity index (χ0n) is 22.0. The van der Waals surface area contributed by atoms with Crippen LogP contribution in [0.5, 0.6) is 0 Å². The van der Waals surface area contributed by atoms with Crippen LogP contribution < -0.4 is 10.2 Å². The van der Waals surface area contributed by atoms with Crippen LogP contribution in [0.1, 0.15) is 57.1 Å². The summed E-state index contributed by atoms with van der Waals surface area (Å²) in [6.45, 7) is 8.22. The molecular weight excluding hydrogens is 497 g/mol. The number of benzene rings is 1. The van der Waals surface area contributed by atoms with E-state index in [0.717, 1.165) is 32.0 Å². The number of likely N-dealkylation sites (tertiary alicyclic amines) is 1. The molecule has 2 bridgehead atoms. The molecule has 0 radical (unpaired) electrons. The summed E-state index contributed by atoms with van der Waals surface area (Å²) < 4.78 is 45.0. The molecule has 2 aliphatic heterocycles. The summed E-state index contributed by atoms with van der Waals surface area (Å²) >= 11 is 0. The van der Waals surface area contributed by atoms with E-state index in [1.165, 1.54) is 12.1 Å². The Morgan fingerprint density at radius 1 is 1.21 bits per heavy atom. The van der Waals surface area contributed by atoms with E-state index in [9.17, 15) is 18.7 Å². The van der Waals surface area contributed by atoms with Crippen molar-refractivity contribution >= 4 is 28.4 Å². The fourth-order valence-corrected chi connectivity index (χ4v) is 5.49. The maximum atomic E-state index is 15.4. The van der Waals surface area contributed by atoms with Crippen molar-refractivity contribution in [2.75, 3.05) is 23.3 Å². The highest BCUT2D eigenvalue weighted by Crippen LogP contribution is 2.42. The Hall–Kier alpha value is -3.47. The molecule has 3 atom stereocenters. The summed E-state index contributed by atoms with van der Waals surface area (Å²) in [5, 5.41) is 13.7. The number of nitrogens with zero attached hydrogens (tertiary/aromatic N) is 5. The molecule has 8 nitrogen and oxygen atoms in total. The van der Waals surface area contributed by atoms with E-state index >= 15 is 4.39 Å². The van der Waals surface area contributed by atoms with Crippen LogP contribution in [0.4, 0.5) is 24.7 Å². The van der Waals surface area contributed by atoms with Crippen molar-refractivity contribution in [2.24, 2.45) is 0 Å². The van der Waals surface area contributed by atoms with Crippen LogP contribution in [0.25, 0.3) is 11.0 Å². The van der Waals surface area contributed by atoms with Gasteiger partial charge in [-0.2, -0.15) is 8.78 Å². The van der Waals surface area contributed by atoms with E-state index in [0.29, 0.717) is 35.8 Å². The summed E-state index contributed by atoms with van der Waals surface area (Å²) in [6.07, 6.45) is 2.65. The lowest BCUT2D eigenvalue weighted by atomic mass is 9.91. The molecule has 11 heteroatoms. The minimum Gasteiger partial charge on any atom is -0.384 e. The summed E-state index contributed by atoms with van der Waals surface area (Å²) in [7, 11) is 0. The molecule has 1 unspecified atom stereocenters. The first kappa shape index (κ1) is 26.1. The summed E-state index contributed by atoms with van der Waals surface area (Å²) in [6, 6.07) is 5.31. The van der Waals surface area contributed by atoms with Crippen molar-refractivity contribution < 1.29 is 23.1 Å². The van der Waals surface area contributed by atoms with Crippen molar-refractivity contribution in [1.82, 2.24) is 19.9 Å². The van der Waals surface area contributed by atoms with Gasteiger partial charge >= 0.3 is 5.92 Å². The van der Waals surface area contributed by atoms with Gasteiger partial charge in [-0.3, -0.25) is 4.79 Å². The Balaban J connectivity index is 1.47. The molecule has 0 spiro atoms. The lowest BCUT2D eigenvalue weighted by molar-refractivity contribution is -0.170. The molecule has 1 amide bonds. The molecule has 0 saturated carbocycles. The van der Waals surface area contributed by atoms with Gasteiger partial charge in [0.25, 0.3) is 0 Å². The molecule has 0 aliphatic carbocycles. The van der Waals surface area contributed by atoms with Gasteiger partial charge in [0.1, 0.15) is 23.1 Å². The molecule has 2 aliphatic rings. The smallest absolute Gasteiger partial charge is 0.303 e. The van der Waals surface area contributed by atoms with Crippen LogP contribution in [-0.2, 0) is 10.7 Å². The van der Waals surface area contributed by atoms with Gasteiger partial charge in [0.05, 0.1) is 34.9 Å². The predicted molar refractivity (Wildman–Crippen MR) is 138 cm³/mol. The first-order chi connectivity index (χ1) is 17.8. The number of piperazine rings is 1. The van der Waals surface area contributed by atoms with Gasteiger partial charge in [-0.25, -0.2) is 19.3 Å². The van der Waals surface area contributed by atoms with E-state index in [1.807, 2.05) is 11.0 Å². The van der Waals surface area contributed by atoms with E-state index in [1.54, 1.807) is 27.0 Å². The van der Waals surface area contributed by atoms with Crippen LogP contribution in [0.15, 0.2) is 30.5 Å². The summed E-state index contributed by atoms with van der Waals surface area (Å²) in [4.78, 5) is 29.5. The average molecular weight is 529 g/mol. The Morgan fingerprint density at radius 2 is 1.95 bits per heavy atom. The number of carbonyl (C=O) groups is 1. The highest BCUT2D eigenvalue weighted by Gasteiger charge is 2.49. The second-order valence-corrected chi connectivity index (χ2v) is 10.8. The largest absolute Gasteiger partial charge is 0.384 e. The Labute approximate surface area is 218 Å². The second-order valence-electron chi connectivity index (χ2n) is 10.8. The van der Waals surface area contributed by atoms with Gasteiger partial charge in [0, 0.05) is 31.6 Å². The normalized spacial score (nSPS) is 20.3. The number of rotatable bonds is 6. The van der Waals surface area contributed by atoms with Gasteiger partial charge in [0.2, 0.25) is 5.91 Å². The number of fused-ring (bicyclic) bond motifs is 3. The van der Waals surface area contributed by atoms with Crippen molar-refractivity contribution in [3.8, 4) is 0 Å². The first-order valence-corrected chi connectivity index (χ1v) is 12.6. The zero-order chi connectivity index (χ0) is 27.6. The number of hydrogen-bond donors (Lipinski definition) is 2. The van der Waals surface area contributed by atoms with E-state index < -0.39 is 28.9 Å². The van der Waals surface area contributed by atoms with Crippen LogP contribution in [0.3, 0.4) is 0 Å². The van der Waals surface area contributed by atoms with Crippen LogP contribution >= 0.6 is 0 Å². The minimum absolute atomic E-state index is 0.0149. The maximum absolute atomic E-state index is 15.4. The predicted octanol–water partition coefficient (Wildman–Crippen LogP) is 4.32. The van der Waals surface area contributed by atoms with Gasteiger partial charge < -0.3 is 20.2 Å². The second kappa shape index (κ2) is 9.07. The third kappa shape index (κ3) is 4.32. The summed E-state index contributed by atoms with van der Waals surface area (Å²) in [5.41, 5.74) is -1.97. The van der Waals surface area contributed by atoms with Gasteiger partial charge in [-0.05, 0) is 46.2 Å². The molecule has 5 rings (SSSR count). The van der Waals surface area contributed by atoms with Crippen molar-refractivity contribution in [1.29, 1.82) is 0 Å². The molecule has 38 heavy (non-hydrogen) atoms. The lowest BCUT2D eigenvalue weighted by Crippen LogP contribution is -2.48. The first-order valence-electron chi connectivity index (χ1n) is 12.6. The maximum Gasteiger partial charge on any atom is 0.303 e. The third-order valence-electron chi connectivity index (χ3n) is 7.58. The number of anilines is 2. The molecule has 1 aromatic carbocycles. The van der Waals surface area contributed by atoms with E-state index in [-0.39, 0.29) is 23.6 Å². The molecule has 3 aromatic rings. The average Bonchev–Trinajstić information content (AvgIpc) is 3.44. The Kier molecular flexibility index (Phi) is 6.24.